The van der Waals surface area contributed by atoms with E-state index < -0.39 is 17.7 Å². The van der Waals surface area contributed by atoms with E-state index >= 15 is 0 Å². The van der Waals surface area contributed by atoms with Crippen LogP contribution in [0.4, 0.5) is 5.13 Å². The molecule has 9 nitrogen and oxygen atoms in total. The number of fused-ring (bicyclic) bond motifs is 1. The summed E-state index contributed by atoms with van der Waals surface area (Å²) < 4.78 is 23.2. The Labute approximate surface area is 240 Å². The molecule has 208 valence electrons. The van der Waals surface area contributed by atoms with Gasteiger partial charge in [0.05, 0.1) is 18.2 Å². The fourth-order valence-corrected chi connectivity index (χ4v) is 5.51. The highest BCUT2D eigenvalue weighted by Crippen LogP contribution is 2.45. The van der Waals surface area contributed by atoms with Gasteiger partial charge < -0.3 is 24.1 Å². The van der Waals surface area contributed by atoms with E-state index in [0.29, 0.717) is 65.7 Å². The first kappa shape index (κ1) is 26.4. The molecule has 41 heavy (non-hydrogen) atoms. The van der Waals surface area contributed by atoms with Gasteiger partial charge in [0.25, 0.3) is 5.78 Å². The number of hydrogen-bond acceptors (Lipinski definition) is 9. The molecule has 2 aliphatic heterocycles. The fourth-order valence-electron chi connectivity index (χ4n) is 4.84. The number of nitrogens with zero attached hydrogens (tertiary/aromatic N) is 2. The minimum Gasteiger partial charge on any atom is -0.507 e. The Balaban J connectivity index is 1.44. The van der Waals surface area contributed by atoms with Crippen molar-refractivity contribution in [3.8, 4) is 23.0 Å². The van der Waals surface area contributed by atoms with Crippen molar-refractivity contribution in [1.29, 1.82) is 0 Å². The molecule has 0 radical (unpaired) electrons. The third-order valence-electron chi connectivity index (χ3n) is 6.71. The van der Waals surface area contributed by atoms with E-state index in [0.717, 1.165) is 5.56 Å². The maximum atomic E-state index is 13.5. The third kappa shape index (κ3) is 5.09. The number of ketones is 1. The van der Waals surface area contributed by atoms with Crippen molar-refractivity contribution < 1.29 is 33.6 Å². The van der Waals surface area contributed by atoms with Crippen molar-refractivity contribution in [2.24, 2.45) is 0 Å². The predicted octanol–water partition coefficient (Wildman–Crippen LogP) is 5.52. The van der Waals surface area contributed by atoms with Gasteiger partial charge in [-0.25, -0.2) is 4.98 Å². The van der Waals surface area contributed by atoms with E-state index in [2.05, 4.69) is 4.98 Å². The summed E-state index contributed by atoms with van der Waals surface area (Å²) in [5.74, 6) is 0.0187. The Morgan fingerprint density at radius 3 is 2.56 bits per heavy atom. The van der Waals surface area contributed by atoms with Crippen molar-refractivity contribution >= 4 is 33.9 Å². The topological polar surface area (TPSA) is 107 Å². The number of carbonyl (C=O) groups is 2. The zero-order chi connectivity index (χ0) is 28.3. The van der Waals surface area contributed by atoms with E-state index in [-0.39, 0.29) is 11.3 Å². The molecule has 6 rings (SSSR count). The summed E-state index contributed by atoms with van der Waals surface area (Å²) in [5.41, 5.74) is 1.80. The SMILES string of the molecule is CCOc1cc(C2/C(=C(/O)c3ccc4c(c3)OCCO4)C(=O)C(=O)N2c2nccs2)ccc1OCc1ccccc1. The molecule has 4 aromatic rings. The quantitative estimate of drug-likeness (QED) is 0.168. The third-order valence-corrected chi connectivity index (χ3v) is 7.48. The molecule has 3 heterocycles. The second-order valence-electron chi connectivity index (χ2n) is 9.26. The molecule has 1 fully saturated rings. The number of rotatable bonds is 8. The van der Waals surface area contributed by atoms with Gasteiger partial charge in [-0.1, -0.05) is 36.4 Å². The van der Waals surface area contributed by atoms with Crippen molar-refractivity contribution in [2.75, 3.05) is 24.7 Å². The van der Waals surface area contributed by atoms with Gasteiger partial charge in [0, 0.05) is 17.1 Å². The Morgan fingerprint density at radius 2 is 1.80 bits per heavy atom. The summed E-state index contributed by atoms with van der Waals surface area (Å²) in [6.45, 7) is 3.35. The van der Waals surface area contributed by atoms with Gasteiger partial charge in [-0.05, 0) is 48.4 Å². The van der Waals surface area contributed by atoms with Crippen molar-refractivity contribution in [3.05, 3.63) is 101 Å². The first-order valence-corrected chi connectivity index (χ1v) is 14.0. The van der Waals surface area contributed by atoms with E-state index in [1.54, 1.807) is 48.0 Å². The lowest BCUT2D eigenvalue weighted by atomic mass is 9.95. The maximum absolute atomic E-state index is 13.5. The number of aromatic nitrogens is 1. The number of benzene rings is 3. The molecule has 0 spiro atoms. The van der Waals surface area contributed by atoms with E-state index in [1.807, 2.05) is 37.3 Å². The zero-order valence-electron chi connectivity index (χ0n) is 22.1. The molecule has 10 heteroatoms. The Kier molecular flexibility index (Phi) is 7.30. The zero-order valence-corrected chi connectivity index (χ0v) is 22.9. The summed E-state index contributed by atoms with van der Waals surface area (Å²) in [4.78, 5) is 32.5. The lowest BCUT2D eigenvalue weighted by Gasteiger charge is -2.24. The first-order chi connectivity index (χ1) is 20.0. The lowest BCUT2D eigenvalue weighted by Crippen LogP contribution is -2.29. The highest BCUT2D eigenvalue weighted by molar-refractivity contribution is 7.14. The summed E-state index contributed by atoms with van der Waals surface area (Å²) in [6.07, 6.45) is 1.56. The van der Waals surface area contributed by atoms with Crippen LogP contribution in [-0.2, 0) is 16.2 Å². The van der Waals surface area contributed by atoms with Crippen LogP contribution >= 0.6 is 11.3 Å². The minimum absolute atomic E-state index is 0.0673. The molecular weight excluding hydrogens is 544 g/mol. The van der Waals surface area contributed by atoms with Crippen LogP contribution in [0.15, 0.2) is 83.9 Å². The number of Topliss-reactive ketones (excluding diaryl/α,β-unsaturated/α-hetero) is 1. The van der Waals surface area contributed by atoms with Crippen LogP contribution in [0.1, 0.15) is 29.7 Å². The summed E-state index contributed by atoms with van der Waals surface area (Å²) in [5, 5.41) is 13.6. The standard InChI is InChI=1S/C31H26N2O7S/c1-2-37-24-16-20(8-10-23(24)40-18-19-6-4-3-5-7-19)27-26(29(35)30(36)33(27)31-32-12-15-41-31)28(34)21-9-11-22-25(17-21)39-14-13-38-22/h3-12,15-17,27,34H,2,13-14,18H2,1H3/b28-26-. The highest BCUT2D eigenvalue weighted by atomic mass is 32.1. The van der Waals surface area contributed by atoms with Gasteiger partial charge >= 0.3 is 5.91 Å². The van der Waals surface area contributed by atoms with E-state index in [1.165, 1.54) is 16.2 Å². The molecule has 0 saturated carbocycles. The smallest absolute Gasteiger partial charge is 0.301 e. The van der Waals surface area contributed by atoms with Crippen LogP contribution in [0, 0.1) is 0 Å². The van der Waals surface area contributed by atoms with Crippen LogP contribution in [0.25, 0.3) is 5.76 Å². The van der Waals surface area contributed by atoms with Crippen molar-refractivity contribution in [3.63, 3.8) is 0 Å². The van der Waals surface area contributed by atoms with Gasteiger partial charge in [-0.2, -0.15) is 0 Å². The molecule has 1 unspecified atom stereocenters. The van der Waals surface area contributed by atoms with Crippen LogP contribution in [0.5, 0.6) is 23.0 Å². The number of anilines is 1. The first-order valence-electron chi connectivity index (χ1n) is 13.1. The summed E-state index contributed by atoms with van der Waals surface area (Å²) in [7, 11) is 0. The van der Waals surface area contributed by atoms with Crippen LogP contribution in [0.3, 0.4) is 0 Å². The number of ether oxygens (including phenoxy) is 4. The number of amides is 1. The second kappa shape index (κ2) is 11.3. The van der Waals surface area contributed by atoms with Crippen LogP contribution < -0.4 is 23.8 Å². The van der Waals surface area contributed by atoms with Crippen LogP contribution in [-0.4, -0.2) is 41.6 Å². The molecule has 0 bridgehead atoms. The lowest BCUT2D eigenvalue weighted by molar-refractivity contribution is -0.132. The van der Waals surface area contributed by atoms with Gasteiger partial charge in [-0.15, -0.1) is 11.3 Å². The maximum Gasteiger partial charge on any atom is 0.301 e. The largest absolute Gasteiger partial charge is 0.507 e. The van der Waals surface area contributed by atoms with Crippen molar-refractivity contribution in [2.45, 2.75) is 19.6 Å². The Morgan fingerprint density at radius 1 is 1.00 bits per heavy atom. The van der Waals surface area contributed by atoms with Crippen molar-refractivity contribution in [1.82, 2.24) is 4.98 Å². The van der Waals surface area contributed by atoms with E-state index in [4.69, 9.17) is 18.9 Å². The predicted molar refractivity (Wildman–Crippen MR) is 153 cm³/mol. The number of aliphatic hydroxyl groups is 1. The second-order valence-corrected chi connectivity index (χ2v) is 10.1. The molecule has 1 amide bonds. The minimum atomic E-state index is -0.961. The van der Waals surface area contributed by atoms with Crippen LogP contribution in [0.2, 0.25) is 0 Å². The summed E-state index contributed by atoms with van der Waals surface area (Å²) >= 11 is 1.22. The Bertz CT molecular complexity index is 1620. The molecular formula is C31H26N2O7S. The summed E-state index contributed by atoms with van der Waals surface area (Å²) in [6, 6.07) is 18.9. The number of carbonyl (C=O) groups excluding carboxylic acids is 2. The van der Waals surface area contributed by atoms with Gasteiger partial charge in [-0.3, -0.25) is 14.5 Å². The van der Waals surface area contributed by atoms with Gasteiger partial charge in [0.2, 0.25) is 0 Å². The molecule has 0 aliphatic carbocycles. The Hall–Kier alpha value is -4.83. The molecule has 1 aromatic heterocycles. The molecule has 1 saturated heterocycles. The number of thiazole rings is 1. The average Bonchev–Trinajstić information content (AvgIpc) is 3.63. The van der Waals surface area contributed by atoms with E-state index in [9.17, 15) is 14.7 Å². The van der Waals surface area contributed by atoms with Gasteiger partial charge in [0.1, 0.15) is 25.6 Å². The normalized spacial score (nSPS) is 17.5. The monoisotopic (exact) mass is 570 g/mol. The average molecular weight is 571 g/mol. The number of aliphatic hydroxyl groups excluding tert-OH is 1. The highest BCUT2D eigenvalue weighted by Gasteiger charge is 2.48. The molecule has 2 aliphatic rings. The molecule has 3 aromatic carbocycles. The molecule has 1 atom stereocenters. The number of hydrogen-bond donors (Lipinski definition) is 1. The molecule has 1 N–H and O–H groups in total. The van der Waals surface area contributed by atoms with Gasteiger partial charge in [0.15, 0.2) is 28.1 Å². The fraction of sp³-hybridized carbons (Fsp3) is 0.194.